The lowest BCUT2D eigenvalue weighted by molar-refractivity contribution is -0.432. The Labute approximate surface area is 318 Å². The summed E-state index contributed by atoms with van der Waals surface area (Å²) in [6, 6.07) is 6.20. The van der Waals surface area contributed by atoms with E-state index >= 15 is 0 Å². The van der Waals surface area contributed by atoms with Crippen LogP contribution in [0.5, 0.6) is 5.88 Å². The molecule has 1 aromatic heterocycles. The van der Waals surface area contributed by atoms with E-state index in [0.717, 1.165) is 48.6 Å². The average Bonchev–Trinajstić information content (AvgIpc) is 3.64. The van der Waals surface area contributed by atoms with Gasteiger partial charge >= 0.3 is 11.9 Å². The van der Waals surface area contributed by atoms with Gasteiger partial charge in [0.2, 0.25) is 5.88 Å². The highest BCUT2D eigenvalue weighted by molar-refractivity contribution is 7.94. The van der Waals surface area contributed by atoms with E-state index in [4.69, 9.17) is 20.0 Å². The van der Waals surface area contributed by atoms with Crippen molar-refractivity contribution in [2.24, 2.45) is 5.10 Å². The number of benzene rings is 2. The third-order valence-electron chi connectivity index (χ3n) is 6.65. The minimum Gasteiger partial charge on any atom is -0.493 e. The first-order valence-corrected chi connectivity index (χ1v) is 19.1. The van der Waals surface area contributed by atoms with E-state index in [2.05, 4.69) is 28.9 Å². The average molecular weight is 847 g/mol. The molecule has 1 amide bonds. The molecule has 4 rings (SSSR count). The second kappa shape index (κ2) is 18.6. The molecule has 0 atom stereocenters. The first-order valence-electron chi connectivity index (χ1n) is 14.7. The quantitative estimate of drug-likeness (QED) is 0.0247. The Hall–Kier alpha value is -4.97. The molecule has 0 spiro atoms. The van der Waals surface area contributed by atoms with Gasteiger partial charge in [0.25, 0.3) is 26.1 Å². The summed E-state index contributed by atoms with van der Waals surface area (Å²) in [6.07, 6.45) is 5.90. The number of aromatic hydroxyl groups is 1. The third kappa shape index (κ3) is 10.2. The Bertz CT molecular complexity index is 2320. The minimum absolute atomic E-state index is 0.0551. The molecule has 0 bridgehead atoms. The molecule has 0 radical (unpaired) electrons. The summed E-state index contributed by atoms with van der Waals surface area (Å²) in [4.78, 5) is 37.8. The highest BCUT2D eigenvalue weighted by atomic mass is 32.2. The van der Waals surface area contributed by atoms with Gasteiger partial charge in [-0.1, -0.05) is 28.3 Å². The maximum atomic E-state index is 13.6. The fraction of sp³-hybridized carbons (Fsp3) is 0.138. The van der Waals surface area contributed by atoms with Crippen LogP contribution in [0.2, 0.25) is 0 Å². The molecular formula is C29H26N4O18S4. The summed E-state index contributed by atoms with van der Waals surface area (Å²) >= 11 is 0.795. The van der Waals surface area contributed by atoms with E-state index in [1.54, 1.807) is 0 Å². The van der Waals surface area contributed by atoms with Gasteiger partial charge < -0.3 is 14.6 Å². The number of ether oxygens (including phenoxy) is 2. The number of hydrogen-bond acceptors (Lipinski definition) is 20. The predicted molar refractivity (Wildman–Crippen MR) is 186 cm³/mol. The molecule has 0 fully saturated rings. The number of carbonyl (C=O) groups is 3. The molecule has 26 heteroatoms. The van der Waals surface area contributed by atoms with E-state index in [-0.39, 0.29) is 28.6 Å². The van der Waals surface area contributed by atoms with Crippen molar-refractivity contribution in [2.75, 3.05) is 18.2 Å². The summed E-state index contributed by atoms with van der Waals surface area (Å²) in [5.74, 6) is -4.00. The molecule has 0 saturated heterocycles. The van der Waals surface area contributed by atoms with Gasteiger partial charge in [-0.15, -0.1) is 8.67 Å². The van der Waals surface area contributed by atoms with Gasteiger partial charge in [-0.25, -0.2) is 20.1 Å². The number of allylic oxidation sites excluding steroid dienone is 4. The summed E-state index contributed by atoms with van der Waals surface area (Å²) in [5.41, 5.74) is -2.80. The summed E-state index contributed by atoms with van der Waals surface area (Å²) in [6.45, 7) is 2.70. The second-order valence-electron chi connectivity index (χ2n) is 9.99. The number of aromatic nitrogens is 2. The van der Waals surface area contributed by atoms with Gasteiger partial charge in [-0.05, 0) is 62.4 Å². The van der Waals surface area contributed by atoms with Gasteiger partial charge in [0.05, 0.1) is 59.8 Å². The number of carbonyl (C=O) groups excluding carboxylic acids is 3. The van der Waals surface area contributed by atoms with Gasteiger partial charge in [0.15, 0.2) is 11.4 Å². The molecule has 5 N–H and O–H groups in total. The zero-order valence-electron chi connectivity index (χ0n) is 27.7. The molecule has 2 aromatic carbocycles. The largest absolute Gasteiger partial charge is 0.493 e. The van der Waals surface area contributed by atoms with Crippen LogP contribution >= 0.6 is 24.1 Å². The van der Waals surface area contributed by atoms with E-state index in [1.165, 1.54) is 32.1 Å². The maximum Gasteiger partial charge on any atom is 0.359 e. The van der Waals surface area contributed by atoms with Crippen molar-refractivity contribution in [3.8, 4) is 11.6 Å². The van der Waals surface area contributed by atoms with Gasteiger partial charge in [-0.3, -0.25) is 13.9 Å². The lowest BCUT2D eigenvalue weighted by atomic mass is 10.1. The van der Waals surface area contributed by atoms with Crippen LogP contribution in [-0.2, 0) is 58.0 Å². The van der Waals surface area contributed by atoms with Crippen LogP contribution in [-0.4, -0.2) is 88.1 Å². The first kappa shape index (κ1) is 42.8. The maximum absolute atomic E-state index is 13.6. The van der Waals surface area contributed by atoms with Gasteiger partial charge in [-0.2, -0.15) is 36.7 Å². The highest BCUT2D eigenvalue weighted by Gasteiger charge is 2.38. The van der Waals surface area contributed by atoms with Crippen molar-refractivity contribution < 1.29 is 84.2 Å². The van der Waals surface area contributed by atoms with Crippen molar-refractivity contribution in [1.29, 1.82) is 0 Å². The number of hydrogen-bond donors (Lipinski definition) is 5. The lowest BCUT2D eigenvalue weighted by Gasteiger charge is -2.15. The number of rotatable bonds is 17. The monoisotopic (exact) mass is 846 g/mol. The number of anilines is 1. The smallest absolute Gasteiger partial charge is 0.359 e. The van der Waals surface area contributed by atoms with Crippen molar-refractivity contribution in [2.45, 2.75) is 33.4 Å². The Balaban J connectivity index is 1.76. The topological polar surface area (TPSA) is 309 Å². The van der Waals surface area contributed by atoms with Crippen LogP contribution in [0.4, 0.5) is 5.69 Å². The van der Waals surface area contributed by atoms with Crippen LogP contribution in [0.15, 0.2) is 91.0 Å². The normalized spacial score (nSPS) is 14.4. The number of nitrogens with zero attached hydrogens (tertiary/aromatic N) is 4. The van der Waals surface area contributed by atoms with Gasteiger partial charge in [0.1, 0.15) is 9.79 Å². The zero-order chi connectivity index (χ0) is 40.5. The first-order chi connectivity index (χ1) is 26.1. The standard InChI is InChI=1S/C29H26N4O18S4/c1-3-46-28(36)24-18(26(34)32(30-24)20-14-16(52-50-48-38)10-12-22(20)54(40,41)42)8-6-5-7-9-19-25(29(37)47-4-2)31-33(27(19)35)21-15-17(53-51-49-39)11-13-23(21)55(43,44)45/h5-15,34,38-39H,3-4H2,1-2H3,(H,40,41,42)(H,43,44,45)/b7-5?,8-6?,19-9-. The van der Waals surface area contributed by atoms with E-state index in [9.17, 15) is 45.4 Å². The molecule has 2 heterocycles. The Morgan fingerprint density at radius 3 is 1.91 bits per heavy atom. The molecule has 3 aromatic rings. The molecule has 1 aliphatic heterocycles. The molecule has 22 nitrogen and oxygen atoms in total. The second-order valence-corrected chi connectivity index (χ2v) is 14.3. The van der Waals surface area contributed by atoms with Gasteiger partial charge in [0, 0.05) is 9.79 Å². The number of hydrazone groups is 1. The Kier molecular flexibility index (Phi) is 14.4. The predicted octanol–water partition coefficient (Wildman–Crippen LogP) is 3.57. The third-order valence-corrected chi connectivity index (χ3v) is 9.61. The Morgan fingerprint density at radius 1 is 0.818 bits per heavy atom. The molecule has 0 saturated carbocycles. The summed E-state index contributed by atoms with van der Waals surface area (Å²) < 4.78 is 87.6. The summed E-state index contributed by atoms with van der Waals surface area (Å²) in [5, 5.41) is 43.6. The fourth-order valence-corrected chi connectivity index (χ4v) is 6.60. The van der Waals surface area contributed by atoms with E-state index in [1.807, 2.05) is 0 Å². The van der Waals surface area contributed by atoms with Crippen LogP contribution in [0.25, 0.3) is 11.8 Å². The molecule has 0 unspecified atom stereocenters. The number of esters is 2. The van der Waals surface area contributed by atoms with E-state index in [0.29, 0.717) is 33.8 Å². The SMILES string of the molecule is CCOC(=O)C1=NN(c2cc(SOOO)ccc2S(=O)(=O)O)C(=O)/C1=C\C=CC=Cc1c(C(=O)OCC)nn(-c2cc(SOOO)ccc2S(=O)(=O)O)c1O. The molecular weight excluding hydrogens is 821 g/mol. The van der Waals surface area contributed by atoms with Crippen molar-refractivity contribution in [3.05, 3.63) is 77.5 Å². The molecule has 1 aliphatic rings. The molecule has 55 heavy (non-hydrogen) atoms. The lowest BCUT2D eigenvalue weighted by Crippen LogP contribution is -2.24. The molecule has 294 valence electrons. The summed E-state index contributed by atoms with van der Waals surface area (Å²) in [7, 11) is -9.92. The van der Waals surface area contributed by atoms with Crippen molar-refractivity contribution in [1.82, 2.24) is 9.78 Å². The van der Waals surface area contributed by atoms with Crippen LogP contribution in [0, 0.1) is 0 Å². The van der Waals surface area contributed by atoms with Crippen molar-refractivity contribution >= 4 is 79.6 Å². The zero-order valence-corrected chi connectivity index (χ0v) is 31.0. The fourth-order valence-electron chi connectivity index (χ4n) is 4.51. The van der Waals surface area contributed by atoms with Crippen molar-refractivity contribution in [3.63, 3.8) is 0 Å². The van der Waals surface area contributed by atoms with E-state index < -0.39 is 82.1 Å². The molecule has 0 aliphatic carbocycles. The minimum atomic E-state index is -4.97. The van der Waals surface area contributed by atoms with Crippen LogP contribution in [0.3, 0.4) is 0 Å². The van der Waals surface area contributed by atoms with Crippen LogP contribution in [0.1, 0.15) is 29.9 Å². The van der Waals surface area contributed by atoms with Crippen LogP contribution < -0.4 is 5.01 Å². The Morgan fingerprint density at radius 2 is 1.36 bits per heavy atom. The highest BCUT2D eigenvalue weighted by Crippen LogP contribution is 2.36. The number of amides is 1.